The molecule has 16 heavy (non-hydrogen) atoms. The van der Waals surface area contributed by atoms with Gasteiger partial charge in [-0.1, -0.05) is 27.2 Å². The van der Waals surface area contributed by atoms with E-state index in [1.807, 2.05) is 20.8 Å². The summed E-state index contributed by atoms with van der Waals surface area (Å²) >= 11 is 0. The van der Waals surface area contributed by atoms with Crippen LogP contribution in [0.2, 0.25) is 0 Å². The number of carbonyl (C=O) groups excluding carboxylic acids is 1. The van der Waals surface area contributed by atoms with Crippen LogP contribution in [-0.4, -0.2) is 29.1 Å². The number of hydrogen-bond donors (Lipinski definition) is 3. The highest BCUT2D eigenvalue weighted by Gasteiger charge is 2.22. The van der Waals surface area contributed by atoms with E-state index in [1.165, 1.54) is 0 Å². The molecule has 0 heterocycles. The summed E-state index contributed by atoms with van der Waals surface area (Å²) in [6.07, 6.45) is 1.69. The Bertz CT molecular complexity index is 241. The lowest BCUT2D eigenvalue weighted by atomic mass is 10.0. The highest BCUT2D eigenvalue weighted by molar-refractivity contribution is 5.86. The molecule has 0 aliphatic heterocycles. The van der Waals surface area contributed by atoms with Crippen molar-refractivity contribution in [3.05, 3.63) is 0 Å². The van der Waals surface area contributed by atoms with E-state index in [0.29, 0.717) is 25.2 Å². The van der Waals surface area contributed by atoms with Crippen LogP contribution in [0.1, 0.15) is 40.0 Å². The summed E-state index contributed by atoms with van der Waals surface area (Å²) in [6, 6.07) is -1.45. The number of carbonyl (C=O) groups is 2. The van der Waals surface area contributed by atoms with Crippen molar-refractivity contribution in [1.29, 1.82) is 0 Å². The van der Waals surface area contributed by atoms with Crippen LogP contribution in [0.4, 0.5) is 0 Å². The standard InChI is InChI=1S/C11H22N2O3/c1-4-5-9(11(15)16)13-10(14)8(12)6-7(2)3/h7-9H,4-6,12H2,1-3H3,(H,13,14)(H,15,16)/t8?,9-/m1/s1. The minimum atomic E-state index is -1.01. The van der Waals surface area contributed by atoms with Gasteiger partial charge in [-0.05, 0) is 18.8 Å². The fraction of sp³-hybridized carbons (Fsp3) is 0.818. The van der Waals surface area contributed by atoms with Gasteiger partial charge in [-0.25, -0.2) is 4.79 Å². The van der Waals surface area contributed by atoms with Crippen LogP contribution in [-0.2, 0) is 9.59 Å². The summed E-state index contributed by atoms with van der Waals surface area (Å²) in [5, 5.41) is 11.3. The molecule has 0 aromatic heterocycles. The molecule has 0 radical (unpaired) electrons. The van der Waals surface area contributed by atoms with Gasteiger partial charge in [0.1, 0.15) is 6.04 Å². The molecule has 0 aliphatic carbocycles. The predicted molar refractivity (Wildman–Crippen MR) is 61.9 cm³/mol. The van der Waals surface area contributed by atoms with Crippen LogP contribution in [0.15, 0.2) is 0 Å². The molecular formula is C11H22N2O3. The fourth-order valence-electron chi connectivity index (χ4n) is 1.44. The first-order chi connectivity index (χ1) is 7.38. The maximum absolute atomic E-state index is 11.6. The van der Waals surface area contributed by atoms with Crippen molar-refractivity contribution in [2.24, 2.45) is 11.7 Å². The van der Waals surface area contributed by atoms with Gasteiger partial charge >= 0.3 is 5.97 Å². The van der Waals surface area contributed by atoms with Crippen LogP contribution >= 0.6 is 0 Å². The van der Waals surface area contributed by atoms with Gasteiger partial charge in [0.25, 0.3) is 0 Å². The number of nitrogens with one attached hydrogen (secondary N) is 1. The first-order valence-electron chi connectivity index (χ1n) is 5.67. The van der Waals surface area contributed by atoms with E-state index in [4.69, 9.17) is 10.8 Å². The molecule has 0 aliphatic rings. The molecule has 4 N–H and O–H groups in total. The second-order valence-electron chi connectivity index (χ2n) is 4.42. The second-order valence-corrected chi connectivity index (χ2v) is 4.42. The average Bonchev–Trinajstić information content (AvgIpc) is 2.15. The summed E-state index contributed by atoms with van der Waals surface area (Å²) in [5.74, 6) is -1.07. The summed E-state index contributed by atoms with van der Waals surface area (Å²) in [5.41, 5.74) is 5.66. The quantitative estimate of drug-likeness (QED) is 0.601. The van der Waals surface area contributed by atoms with Crippen molar-refractivity contribution < 1.29 is 14.7 Å². The number of aliphatic carboxylic acids is 1. The maximum atomic E-state index is 11.6. The molecule has 5 heteroatoms. The van der Waals surface area contributed by atoms with E-state index >= 15 is 0 Å². The fourth-order valence-corrected chi connectivity index (χ4v) is 1.44. The van der Waals surface area contributed by atoms with E-state index in [-0.39, 0.29) is 5.91 Å². The van der Waals surface area contributed by atoms with Crippen molar-refractivity contribution in [1.82, 2.24) is 5.32 Å². The summed E-state index contributed by atoms with van der Waals surface area (Å²) in [4.78, 5) is 22.4. The molecule has 0 aromatic carbocycles. The molecule has 1 amide bonds. The molecule has 5 nitrogen and oxygen atoms in total. The number of carboxylic acid groups (broad SMARTS) is 1. The Morgan fingerprint density at radius 3 is 2.31 bits per heavy atom. The number of carboxylic acids is 1. The minimum Gasteiger partial charge on any atom is -0.480 e. The highest BCUT2D eigenvalue weighted by Crippen LogP contribution is 2.04. The third-order valence-corrected chi connectivity index (χ3v) is 2.25. The van der Waals surface area contributed by atoms with E-state index in [0.717, 1.165) is 0 Å². The largest absolute Gasteiger partial charge is 0.480 e. The highest BCUT2D eigenvalue weighted by atomic mass is 16.4. The van der Waals surface area contributed by atoms with E-state index in [1.54, 1.807) is 0 Å². The zero-order valence-corrected chi connectivity index (χ0v) is 10.2. The van der Waals surface area contributed by atoms with Gasteiger partial charge in [0, 0.05) is 0 Å². The smallest absolute Gasteiger partial charge is 0.326 e. The Hall–Kier alpha value is -1.10. The molecule has 1 unspecified atom stereocenters. The molecule has 94 valence electrons. The van der Waals surface area contributed by atoms with E-state index in [9.17, 15) is 9.59 Å². The Morgan fingerprint density at radius 1 is 1.38 bits per heavy atom. The molecule has 0 saturated heterocycles. The van der Waals surface area contributed by atoms with Crippen molar-refractivity contribution in [3.63, 3.8) is 0 Å². The van der Waals surface area contributed by atoms with Crippen LogP contribution in [0.5, 0.6) is 0 Å². The van der Waals surface area contributed by atoms with Gasteiger partial charge in [-0.15, -0.1) is 0 Å². The molecule has 0 fully saturated rings. The molecule has 0 saturated carbocycles. The van der Waals surface area contributed by atoms with Gasteiger partial charge in [0.05, 0.1) is 6.04 Å². The lowest BCUT2D eigenvalue weighted by Crippen LogP contribution is -2.48. The van der Waals surface area contributed by atoms with Crippen LogP contribution in [0.3, 0.4) is 0 Å². The molecular weight excluding hydrogens is 208 g/mol. The van der Waals surface area contributed by atoms with Gasteiger partial charge in [-0.3, -0.25) is 4.79 Å². The SMILES string of the molecule is CCC[C@@H](NC(=O)C(N)CC(C)C)C(=O)O. The van der Waals surface area contributed by atoms with Gasteiger partial charge in [-0.2, -0.15) is 0 Å². The zero-order chi connectivity index (χ0) is 12.7. The first kappa shape index (κ1) is 14.9. The molecule has 0 bridgehead atoms. The summed E-state index contributed by atoms with van der Waals surface area (Å²) in [6.45, 7) is 5.80. The number of rotatable bonds is 7. The Balaban J connectivity index is 4.23. The number of hydrogen-bond acceptors (Lipinski definition) is 3. The lowest BCUT2D eigenvalue weighted by molar-refractivity contribution is -0.142. The van der Waals surface area contributed by atoms with E-state index < -0.39 is 18.1 Å². The summed E-state index contributed by atoms with van der Waals surface area (Å²) in [7, 11) is 0. The van der Waals surface area contributed by atoms with Crippen molar-refractivity contribution in [2.45, 2.75) is 52.1 Å². The zero-order valence-electron chi connectivity index (χ0n) is 10.2. The van der Waals surface area contributed by atoms with Crippen LogP contribution in [0.25, 0.3) is 0 Å². The van der Waals surface area contributed by atoms with Crippen molar-refractivity contribution in [2.75, 3.05) is 0 Å². The Morgan fingerprint density at radius 2 is 1.94 bits per heavy atom. The van der Waals surface area contributed by atoms with Gasteiger partial charge in [0.2, 0.25) is 5.91 Å². The predicted octanol–water partition coefficient (Wildman–Crippen LogP) is 0.729. The van der Waals surface area contributed by atoms with Crippen LogP contribution in [0, 0.1) is 5.92 Å². The van der Waals surface area contributed by atoms with Gasteiger partial charge < -0.3 is 16.2 Å². The molecule has 0 aromatic rings. The normalized spacial score (nSPS) is 14.6. The Labute approximate surface area is 96.4 Å². The maximum Gasteiger partial charge on any atom is 0.326 e. The van der Waals surface area contributed by atoms with Gasteiger partial charge in [0.15, 0.2) is 0 Å². The average molecular weight is 230 g/mol. The third kappa shape index (κ3) is 5.70. The van der Waals surface area contributed by atoms with E-state index in [2.05, 4.69) is 5.32 Å². The third-order valence-electron chi connectivity index (χ3n) is 2.25. The first-order valence-corrected chi connectivity index (χ1v) is 5.67. The molecule has 0 spiro atoms. The minimum absolute atomic E-state index is 0.315. The number of amides is 1. The Kier molecular flexibility index (Phi) is 6.72. The number of nitrogens with two attached hydrogens (primary N) is 1. The lowest BCUT2D eigenvalue weighted by Gasteiger charge is -2.18. The van der Waals surface area contributed by atoms with Crippen molar-refractivity contribution >= 4 is 11.9 Å². The second kappa shape index (κ2) is 7.22. The van der Waals surface area contributed by atoms with Crippen LogP contribution < -0.4 is 11.1 Å². The monoisotopic (exact) mass is 230 g/mol. The molecule has 0 rings (SSSR count). The summed E-state index contributed by atoms with van der Waals surface area (Å²) < 4.78 is 0. The molecule has 2 atom stereocenters. The van der Waals surface area contributed by atoms with Crippen molar-refractivity contribution in [3.8, 4) is 0 Å². The topological polar surface area (TPSA) is 92.4 Å².